The van der Waals surface area contributed by atoms with E-state index in [2.05, 4.69) is 16.0 Å². The van der Waals surface area contributed by atoms with Crippen LogP contribution in [0.2, 0.25) is 0 Å². The van der Waals surface area contributed by atoms with Crippen LogP contribution in [0.4, 0.5) is 4.79 Å². The van der Waals surface area contributed by atoms with Gasteiger partial charge in [0.05, 0.1) is 0 Å². The quantitative estimate of drug-likeness (QED) is 0.676. The van der Waals surface area contributed by atoms with Gasteiger partial charge in [-0.05, 0) is 39.7 Å². The molecule has 3 N–H and O–H groups in total. The second kappa shape index (κ2) is 4.62. The zero-order chi connectivity index (χ0) is 11.6. The lowest BCUT2D eigenvalue weighted by molar-refractivity contribution is 0.223. The number of hydrogen-bond donors (Lipinski definition) is 3. The zero-order valence-electron chi connectivity index (χ0n) is 10.3. The molecule has 0 radical (unpaired) electrons. The Kier molecular flexibility index (Phi) is 3.38. The molecule has 0 unspecified atom stereocenters. The number of urea groups is 1. The Balaban J connectivity index is 1.82. The smallest absolute Gasteiger partial charge is 0.315 e. The van der Waals surface area contributed by atoms with Crippen molar-refractivity contribution >= 4 is 6.03 Å². The van der Waals surface area contributed by atoms with E-state index in [0.717, 1.165) is 13.1 Å². The zero-order valence-corrected chi connectivity index (χ0v) is 10.3. The molecule has 4 nitrogen and oxygen atoms in total. The van der Waals surface area contributed by atoms with Crippen LogP contribution in [0.15, 0.2) is 0 Å². The Labute approximate surface area is 97.6 Å². The van der Waals surface area contributed by atoms with E-state index in [1.807, 2.05) is 13.8 Å². The molecular formula is C12H23N3O. The van der Waals surface area contributed by atoms with Crippen molar-refractivity contribution in [1.82, 2.24) is 16.0 Å². The minimum Gasteiger partial charge on any atom is -0.338 e. The Hall–Kier alpha value is -0.770. The number of fused-ring (bicyclic) bond motifs is 1. The highest BCUT2D eigenvalue weighted by Gasteiger charge is 2.45. The summed E-state index contributed by atoms with van der Waals surface area (Å²) in [4.78, 5) is 11.6. The maximum atomic E-state index is 11.6. The van der Waals surface area contributed by atoms with Crippen molar-refractivity contribution in [2.75, 3.05) is 13.1 Å². The lowest BCUT2D eigenvalue weighted by atomic mass is 9.82. The molecule has 0 spiro atoms. The van der Waals surface area contributed by atoms with Crippen molar-refractivity contribution in [3.05, 3.63) is 0 Å². The van der Waals surface area contributed by atoms with Gasteiger partial charge in [0.2, 0.25) is 0 Å². The van der Waals surface area contributed by atoms with Crippen LogP contribution >= 0.6 is 0 Å². The van der Waals surface area contributed by atoms with Gasteiger partial charge in [-0.2, -0.15) is 0 Å². The Morgan fingerprint density at radius 1 is 1.50 bits per heavy atom. The minimum absolute atomic E-state index is 0.0260. The lowest BCUT2D eigenvalue weighted by Crippen LogP contribution is -2.46. The number of hydrogen-bond acceptors (Lipinski definition) is 2. The van der Waals surface area contributed by atoms with Crippen molar-refractivity contribution in [1.29, 1.82) is 0 Å². The summed E-state index contributed by atoms with van der Waals surface area (Å²) in [6.45, 7) is 5.89. The van der Waals surface area contributed by atoms with E-state index in [9.17, 15) is 4.79 Å². The SMILES string of the molecule is CC(C)NC(=O)NC[C@]12CCC[C@H]1NCC2. The predicted octanol–water partition coefficient (Wildman–Crippen LogP) is 1.23. The third kappa shape index (κ3) is 2.32. The van der Waals surface area contributed by atoms with Crippen molar-refractivity contribution in [2.45, 2.75) is 51.6 Å². The van der Waals surface area contributed by atoms with Gasteiger partial charge in [-0.1, -0.05) is 6.42 Å². The maximum absolute atomic E-state index is 11.6. The number of carbonyl (C=O) groups excluding carboxylic acids is 1. The van der Waals surface area contributed by atoms with E-state index in [-0.39, 0.29) is 12.1 Å². The molecule has 2 atom stereocenters. The molecule has 1 heterocycles. The summed E-state index contributed by atoms with van der Waals surface area (Å²) >= 11 is 0. The molecule has 0 aromatic heterocycles. The molecule has 4 heteroatoms. The van der Waals surface area contributed by atoms with Gasteiger partial charge in [-0.25, -0.2) is 4.79 Å². The first-order chi connectivity index (χ1) is 7.62. The Morgan fingerprint density at radius 3 is 3.06 bits per heavy atom. The summed E-state index contributed by atoms with van der Waals surface area (Å²) < 4.78 is 0. The molecule has 16 heavy (non-hydrogen) atoms. The number of rotatable bonds is 3. The van der Waals surface area contributed by atoms with Crippen LogP contribution in [0.1, 0.15) is 39.5 Å². The van der Waals surface area contributed by atoms with Gasteiger partial charge in [0, 0.05) is 24.0 Å². The molecule has 1 saturated heterocycles. The van der Waals surface area contributed by atoms with Gasteiger partial charge >= 0.3 is 6.03 Å². The van der Waals surface area contributed by atoms with E-state index in [0.29, 0.717) is 11.5 Å². The second-order valence-corrected chi connectivity index (χ2v) is 5.49. The molecule has 0 bridgehead atoms. The van der Waals surface area contributed by atoms with Gasteiger partial charge in [0.1, 0.15) is 0 Å². The average Bonchev–Trinajstić information content (AvgIpc) is 2.71. The molecule has 2 rings (SSSR count). The van der Waals surface area contributed by atoms with E-state index in [1.165, 1.54) is 25.7 Å². The lowest BCUT2D eigenvalue weighted by Gasteiger charge is -2.29. The Morgan fingerprint density at radius 2 is 2.31 bits per heavy atom. The maximum Gasteiger partial charge on any atom is 0.315 e. The fourth-order valence-corrected chi connectivity index (χ4v) is 3.12. The Bertz CT molecular complexity index is 255. The first-order valence-corrected chi connectivity index (χ1v) is 6.40. The van der Waals surface area contributed by atoms with Gasteiger partial charge in [0.15, 0.2) is 0 Å². The molecule has 0 aromatic rings. The molecule has 2 aliphatic rings. The van der Waals surface area contributed by atoms with Crippen molar-refractivity contribution in [3.63, 3.8) is 0 Å². The summed E-state index contributed by atoms with van der Waals surface area (Å²) in [5, 5.41) is 9.45. The monoisotopic (exact) mass is 225 g/mol. The molecular weight excluding hydrogens is 202 g/mol. The molecule has 92 valence electrons. The largest absolute Gasteiger partial charge is 0.338 e. The molecule has 1 aliphatic carbocycles. The molecule has 2 fully saturated rings. The topological polar surface area (TPSA) is 53.2 Å². The van der Waals surface area contributed by atoms with E-state index >= 15 is 0 Å². The number of nitrogens with one attached hydrogen (secondary N) is 3. The first-order valence-electron chi connectivity index (χ1n) is 6.40. The normalized spacial score (nSPS) is 32.8. The molecule has 2 amide bonds. The van der Waals surface area contributed by atoms with Crippen LogP contribution in [0, 0.1) is 5.41 Å². The van der Waals surface area contributed by atoms with Gasteiger partial charge in [-0.3, -0.25) is 0 Å². The minimum atomic E-state index is -0.0260. The average molecular weight is 225 g/mol. The highest BCUT2D eigenvalue weighted by Crippen LogP contribution is 2.43. The molecule has 1 aliphatic heterocycles. The summed E-state index contributed by atoms with van der Waals surface area (Å²) in [5.41, 5.74) is 0.342. The number of carbonyl (C=O) groups is 1. The number of amides is 2. The summed E-state index contributed by atoms with van der Waals surface area (Å²) in [6.07, 6.45) is 5.03. The van der Waals surface area contributed by atoms with Crippen LogP contribution in [-0.2, 0) is 0 Å². The van der Waals surface area contributed by atoms with Crippen LogP contribution in [0.5, 0.6) is 0 Å². The summed E-state index contributed by atoms with van der Waals surface area (Å²) in [7, 11) is 0. The fraction of sp³-hybridized carbons (Fsp3) is 0.917. The van der Waals surface area contributed by atoms with Gasteiger partial charge < -0.3 is 16.0 Å². The summed E-state index contributed by atoms with van der Waals surface area (Å²) in [5.74, 6) is 0. The van der Waals surface area contributed by atoms with Gasteiger partial charge in [-0.15, -0.1) is 0 Å². The van der Waals surface area contributed by atoms with Crippen molar-refractivity contribution in [3.8, 4) is 0 Å². The van der Waals surface area contributed by atoms with E-state index in [4.69, 9.17) is 0 Å². The molecule has 1 saturated carbocycles. The second-order valence-electron chi connectivity index (χ2n) is 5.49. The van der Waals surface area contributed by atoms with Crippen molar-refractivity contribution in [2.24, 2.45) is 5.41 Å². The fourth-order valence-electron chi connectivity index (χ4n) is 3.12. The highest BCUT2D eigenvalue weighted by atomic mass is 16.2. The third-order valence-electron chi connectivity index (χ3n) is 3.94. The first kappa shape index (κ1) is 11.7. The van der Waals surface area contributed by atoms with E-state index < -0.39 is 0 Å². The van der Waals surface area contributed by atoms with E-state index in [1.54, 1.807) is 0 Å². The van der Waals surface area contributed by atoms with Crippen molar-refractivity contribution < 1.29 is 4.79 Å². The van der Waals surface area contributed by atoms with Crippen LogP contribution in [0.3, 0.4) is 0 Å². The highest BCUT2D eigenvalue weighted by molar-refractivity contribution is 5.74. The van der Waals surface area contributed by atoms with Crippen LogP contribution in [0.25, 0.3) is 0 Å². The standard InChI is InChI=1S/C12H23N3O/c1-9(2)15-11(16)14-8-12-5-3-4-10(12)13-7-6-12/h9-10,13H,3-8H2,1-2H3,(H2,14,15,16)/t10-,12-/m1/s1. The molecule has 0 aromatic carbocycles. The predicted molar refractivity (Wildman–Crippen MR) is 64.4 cm³/mol. The van der Waals surface area contributed by atoms with Gasteiger partial charge in [0.25, 0.3) is 0 Å². The summed E-state index contributed by atoms with van der Waals surface area (Å²) in [6, 6.07) is 0.812. The third-order valence-corrected chi connectivity index (χ3v) is 3.94. The van der Waals surface area contributed by atoms with Crippen LogP contribution in [-0.4, -0.2) is 31.2 Å². The van der Waals surface area contributed by atoms with Crippen LogP contribution < -0.4 is 16.0 Å².